The van der Waals surface area contributed by atoms with Crippen LogP contribution in [0.3, 0.4) is 0 Å². The summed E-state index contributed by atoms with van der Waals surface area (Å²) in [5.74, 6) is -0.145. The first-order chi connectivity index (χ1) is 11.2. The SMILES string of the molecule is Cc1cccc(N(CC(=O)N(C)C2CCCCC2)S(C)(=O)=O)c1C. The number of carbonyl (C=O) groups is 1. The Hall–Kier alpha value is -1.56. The van der Waals surface area contributed by atoms with Gasteiger partial charge in [0.1, 0.15) is 6.54 Å². The van der Waals surface area contributed by atoms with Crippen molar-refractivity contribution in [2.45, 2.75) is 52.0 Å². The average Bonchev–Trinajstić information content (AvgIpc) is 2.54. The second kappa shape index (κ2) is 7.55. The third kappa shape index (κ3) is 4.29. The number of hydrogen-bond acceptors (Lipinski definition) is 3. The molecular weight excluding hydrogens is 324 g/mol. The van der Waals surface area contributed by atoms with Crippen LogP contribution in [0.4, 0.5) is 5.69 Å². The van der Waals surface area contributed by atoms with Crippen molar-refractivity contribution >= 4 is 21.6 Å². The van der Waals surface area contributed by atoms with Crippen molar-refractivity contribution in [1.82, 2.24) is 4.90 Å². The van der Waals surface area contributed by atoms with Crippen LogP contribution in [0.1, 0.15) is 43.2 Å². The lowest BCUT2D eigenvalue weighted by Crippen LogP contribution is -2.45. The van der Waals surface area contributed by atoms with Gasteiger partial charge in [0.2, 0.25) is 15.9 Å². The summed E-state index contributed by atoms with van der Waals surface area (Å²) >= 11 is 0. The Bertz CT molecular complexity index is 694. The monoisotopic (exact) mass is 352 g/mol. The lowest BCUT2D eigenvalue weighted by atomic mass is 9.94. The molecule has 5 nitrogen and oxygen atoms in total. The largest absolute Gasteiger partial charge is 0.341 e. The van der Waals surface area contributed by atoms with Gasteiger partial charge in [-0.1, -0.05) is 31.4 Å². The minimum absolute atomic E-state index is 0.143. The highest BCUT2D eigenvalue weighted by atomic mass is 32.2. The minimum Gasteiger partial charge on any atom is -0.341 e. The van der Waals surface area contributed by atoms with E-state index in [-0.39, 0.29) is 18.5 Å². The van der Waals surface area contributed by atoms with Gasteiger partial charge in [0.05, 0.1) is 11.9 Å². The van der Waals surface area contributed by atoms with Crippen LogP contribution in [-0.4, -0.2) is 45.1 Å². The second-order valence-electron chi connectivity index (χ2n) is 6.79. The third-order valence-electron chi connectivity index (χ3n) is 5.04. The number of sulfonamides is 1. The molecule has 0 N–H and O–H groups in total. The fourth-order valence-corrected chi connectivity index (χ4v) is 4.19. The predicted molar refractivity (Wildman–Crippen MR) is 97.7 cm³/mol. The van der Waals surface area contributed by atoms with Gasteiger partial charge in [-0.05, 0) is 43.9 Å². The molecule has 0 saturated heterocycles. The summed E-state index contributed by atoms with van der Waals surface area (Å²) in [6.07, 6.45) is 6.65. The van der Waals surface area contributed by atoms with Gasteiger partial charge in [-0.2, -0.15) is 0 Å². The number of aryl methyl sites for hydroxylation is 1. The van der Waals surface area contributed by atoms with Crippen LogP contribution in [-0.2, 0) is 14.8 Å². The highest BCUT2D eigenvalue weighted by Gasteiger charge is 2.27. The molecule has 0 bridgehead atoms. The maximum absolute atomic E-state index is 12.7. The van der Waals surface area contributed by atoms with E-state index in [4.69, 9.17) is 0 Å². The molecule has 0 heterocycles. The maximum Gasteiger partial charge on any atom is 0.243 e. The van der Waals surface area contributed by atoms with Crippen molar-refractivity contribution in [3.05, 3.63) is 29.3 Å². The zero-order valence-corrected chi connectivity index (χ0v) is 15.9. The third-order valence-corrected chi connectivity index (χ3v) is 6.17. The fraction of sp³-hybridized carbons (Fsp3) is 0.611. The zero-order valence-electron chi connectivity index (χ0n) is 15.1. The molecule has 0 spiro atoms. The number of hydrogen-bond donors (Lipinski definition) is 0. The number of likely N-dealkylation sites (N-methyl/N-ethyl adjacent to an activating group) is 1. The molecule has 0 radical (unpaired) electrons. The molecule has 6 heteroatoms. The lowest BCUT2D eigenvalue weighted by Gasteiger charge is -2.33. The Morgan fingerprint density at radius 1 is 1.17 bits per heavy atom. The molecule has 1 fully saturated rings. The lowest BCUT2D eigenvalue weighted by molar-refractivity contribution is -0.130. The molecule has 24 heavy (non-hydrogen) atoms. The van der Waals surface area contributed by atoms with Crippen molar-refractivity contribution in [1.29, 1.82) is 0 Å². The van der Waals surface area contributed by atoms with Gasteiger partial charge in [0.25, 0.3) is 0 Å². The summed E-state index contributed by atoms with van der Waals surface area (Å²) in [5.41, 5.74) is 2.48. The highest BCUT2D eigenvalue weighted by Crippen LogP contribution is 2.26. The number of nitrogens with zero attached hydrogens (tertiary/aromatic N) is 2. The number of rotatable bonds is 5. The Labute approximate surface area is 145 Å². The fourth-order valence-electron chi connectivity index (χ4n) is 3.29. The molecule has 1 aliphatic carbocycles. The van der Waals surface area contributed by atoms with E-state index in [9.17, 15) is 13.2 Å². The minimum atomic E-state index is -3.53. The Morgan fingerprint density at radius 2 is 1.79 bits per heavy atom. The first-order valence-electron chi connectivity index (χ1n) is 8.51. The topological polar surface area (TPSA) is 57.7 Å². The van der Waals surface area contributed by atoms with Crippen molar-refractivity contribution in [2.24, 2.45) is 0 Å². The molecule has 0 aromatic heterocycles. The summed E-state index contributed by atoms with van der Waals surface area (Å²) in [6.45, 7) is 3.68. The van der Waals surface area contributed by atoms with E-state index in [0.29, 0.717) is 5.69 Å². The Kier molecular flexibility index (Phi) is 5.91. The molecule has 1 amide bonds. The van der Waals surface area contributed by atoms with Crippen molar-refractivity contribution in [3.8, 4) is 0 Å². The van der Waals surface area contributed by atoms with Crippen LogP contribution < -0.4 is 4.31 Å². The van der Waals surface area contributed by atoms with Gasteiger partial charge in [0.15, 0.2) is 0 Å². The van der Waals surface area contributed by atoms with E-state index in [1.54, 1.807) is 18.0 Å². The summed E-state index contributed by atoms with van der Waals surface area (Å²) in [5, 5.41) is 0. The molecular formula is C18H28N2O3S. The van der Waals surface area contributed by atoms with Crippen molar-refractivity contribution < 1.29 is 13.2 Å². The second-order valence-corrected chi connectivity index (χ2v) is 8.69. The molecule has 2 rings (SSSR count). The summed E-state index contributed by atoms with van der Waals surface area (Å²) in [7, 11) is -1.74. The van der Waals surface area contributed by atoms with E-state index in [1.807, 2.05) is 26.0 Å². The number of amides is 1. The van der Waals surface area contributed by atoms with Crippen LogP contribution in [0.2, 0.25) is 0 Å². The van der Waals surface area contributed by atoms with Gasteiger partial charge in [-0.3, -0.25) is 9.10 Å². The number of benzene rings is 1. The van der Waals surface area contributed by atoms with E-state index >= 15 is 0 Å². The highest BCUT2D eigenvalue weighted by molar-refractivity contribution is 7.92. The quantitative estimate of drug-likeness (QED) is 0.819. The van der Waals surface area contributed by atoms with Crippen LogP contribution in [0.25, 0.3) is 0 Å². The molecule has 1 aliphatic rings. The first-order valence-corrected chi connectivity index (χ1v) is 10.4. The standard InChI is InChI=1S/C18H28N2O3S/c1-14-9-8-12-17(15(14)2)20(24(4,22)23)13-18(21)19(3)16-10-6-5-7-11-16/h8-9,12,16H,5-7,10-11,13H2,1-4H3. The molecule has 0 atom stereocenters. The van der Waals surface area contributed by atoms with E-state index in [2.05, 4.69) is 0 Å². The summed E-state index contributed by atoms with van der Waals surface area (Å²) < 4.78 is 25.8. The zero-order chi connectivity index (χ0) is 17.9. The van der Waals surface area contributed by atoms with Gasteiger partial charge < -0.3 is 4.90 Å². The smallest absolute Gasteiger partial charge is 0.243 e. The molecule has 1 aromatic rings. The summed E-state index contributed by atoms with van der Waals surface area (Å²) in [4.78, 5) is 14.4. The van der Waals surface area contributed by atoms with E-state index in [1.165, 1.54) is 10.7 Å². The first kappa shape index (κ1) is 18.8. The molecule has 1 saturated carbocycles. The Balaban J connectivity index is 2.23. The van der Waals surface area contributed by atoms with Crippen molar-refractivity contribution in [2.75, 3.05) is 24.2 Å². The van der Waals surface area contributed by atoms with Crippen LogP contribution in [0.5, 0.6) is 0 Å². The normalized spacial score (nSPS) is 16.0. The molecule has 1 aromatic carbocycles. The van der Waals surface area contributed by atoms with E-state index in [0.717, 1.165) is 43.1 Å². The van der Waals surface area contributed by atoms with Gasteiger partial charge in [0, 0.05) is 13.1 Å². The van der Waals surface area contributed by atoms with E-state index < -0.39 is 10.0 Å². The average molecular weight is 353 g/mol. The molecule has 134 valence electrons. The van der Waals surface area contributed by atoms with Gasteiger partial charge >= 0.3 is 0 Å². The van der Waals surface area contributed by atoms with Crippen LogP contribution in [0.15, 0.2) is 18.2 Å². The van der Waals surface area contributed by atoms with Gasteiger partial charge in [-0.15, -0.1) is 0 Å². The van der Waals surface area contributed by atoms with Crippen LogP contribution in [0, 0.1) is 13.8 Å². The molecule has 0 unspecified atom stereocenters. The van der Waals surface area contributed by atoms with Crippen molar-refractivity contribution in [3.63, 3.8) is 0 Å². The van der Waals surface area contributed by atoms with Crippen LogP contribution >= 0.6 is 0 Å². The Morgan fingerprint density at radius 3 is 2.38 bits per heavy atom. The van der Waals surface area contributed by atoms with Gasteiger partial charge in [-0.25, -0.2) is 8.42 Å². The number of carbonyl (C=O) groups excluding carboxylic acids is 1. The number of anilines is 1. The maximum atomic E-state index is 12.7. The molecule has 0 aliphatic heterocycles. The predicted octanol–water partition coefficient (Wildman–Crippen LogP) is 2.86. The summed E-state index contributed by atoms with van der Waals surface area (Å²) in [6, 6.07) is 5.75.